The van der Waals surface area contributed by atoms with Crippen LogP contribution in [0.2, 0.25) is 0 Å². The Balaban J connectivity index is 2.08. The van der Waals surface area contributed by atoms with Gasteiger partial charge in [0.15, 0.2) is 0 Å². The first-order chi connectivity index (χ1) is 14.6. The smallest absolute Gasteiger partial charge is 0.242 e. The molecule has 2 atom stereocenters. The van der Waals surface area contributed by atoms with Crippen molar-refractivity contribution in [2.24, 2.45) is 5.73 Å². The van der Waals surface area contributed by atoms with E-state index in [0.29, 0.717) is 13.0 Å². The summed E-state index contributed by atoms with van der Waals surface area (Å²) in [4.78, 5) is 25.2. The van der Waals surface area contributed by atoms with Gasteiger partial charge < -0.3 is 21.7 Å². The lowest BCUT2D eigenvalue weighted by atomic mass is 10.00. The standard InChI is InChI=1S/C24H34N4O2/c1-3-4-8-15-27-23(29)21(28-24(30)22(17-25)26-2)16-18-11-13-20(14-12-18)19-9-6-5-7-10-19/h5-7,9-14,21-22,26H,3-4,8,15-17,25H2,1-2H3,(H,27,29)(H,28,30)/t21-,22?/m1/s1. The van der Waals surface area contributed by atoms with Crippen LogP contribution in [0.25, 0.3) is 11.1 Å². The summed E-state index contributed by atoms with van der Waals surface area (Å²) in [6.07, 6.45) is 3.50. The number of benzene rings is 2. The molecule has 0 saturated heterocycles. The van der Waals surface area contributed by atoms with Crippen LogP contribution >= 0.6 is 0 Å². The second-order valence-electron chi connectivity index (χ2n) is 7.40. The Hall–Kier alpha value is -2.70. The highest BCUT2D eigenvalue weighted by Crippen LogP contribution is 2.19. The number of rotatable bonds is 12. The predicted octanol–water partition coefficient (Wildman–Crippen LogP) is 2.23. The zero-order valence-electron chi connectivity index (χ0n) is 18.0. The van der Waals surface area contributed by atoms with Gasteiger partial charge in [0.2, 0.25) is 11.8 Å². The third-order valence-corrected chi connectivity index (χ3v) is 5.11. The van der Waals surface area contributed by atoms with E-state index < -0.39 is 12.1 Å². The Bertz CT molecular complexity index is 774. The zero-order chi connectivity index (χ0) is 21.8. The summed E-state index contributed by atoms with van der Waals surface area (Å²) in [5.74, 6) is -0.437. The quantitative estimate of drug-likeness (QED) is 0.404. The molecule has 0 saturated carbocycles. The number of hydrogen-bond donors (Lipinski definition) is 4. The molecule has 0 aliphatic heterocycles. The fourth-order valence-corrected chi connectivity index (χ4v) is 3.25. The fraction of sp³-hybridized carbons (Fsp3) is 0.417. The van der Waals surface area contributed by atoms with Crippen LogP contribution in [0.3, 0.4) is 0 Å². The van der Waals surface area contributed by atoms with Crippen molar-refractivity contribution < 1.29 is 9.59 Å². The summed E-state index contributed by atoms with van der Waals surface area (Å²) in [5.41, 5.74) is 8.89. The predicted molar refractivity (Wildman–Crippen MR) is 122 cm³/mol. The summed E-state index contributed by atoms with van der Waals surface area (Å²) in [6, 6.07) is 17.0. The molecule has 0 aromatic heterocycles. The maximum Gasteiger partial charge on any atom is 0.242 e. The molecule has 2 aromatic carbocycles. The molecule has 30 heavy (non-hydrogen) atoms. The maximum absolute atomic E-state index is 12.8. The molecule has 6 nitrogen and oxygen atoms in total. The summed E-state index contributed by atoms with van der Waals surface area (Å²) in [7, 11) is 1.68. The van der Waals surface area contributed by atoms with Crippen molar-refractivity contribution in [3.05, 3.63) is 60.2 Å². The highest BCUT2D eigenvalue weighted by molar-refractivity contribution is 5.90. The fourth-order valence-electron chi connectivity index (χ4n) is 3.25. The van der Waals surface area contributed by atoms with E-state index >= 15 is 0 Å². The number of carbonyl (C=O) groups excluding carboxylic acids is 2. The van der Waals surface area contributed by atoms with E-state index in [4.69, 9.17) is 5.73 Å². The summed E-state index contributed by atoms with van der Waals surface area (Å²) >= 11 is 0. The van der Waals surface area contributed by atoms with Crippen molar-refractivity contribution >= 4 is 11.8 Å². The molecule has 162 valence electrons. The van der Waals surface area contributed by atoms with Crippen LogP contribution in [0.15, 0.2) is 54.6 Å². The van der Waals surface area contributed by atoms with Gasteiger partial charge in [-0.25, -0.2) is 0 Å². The Morgan fingerprint density at radius 3 is 2.17 bits per heavy atom. The SMILES string of the molecule is CCCCCNC(=O)[C@@H](Cc1ccc(-c2ccccc2)cc1)NC(=O)C(CN)NC. The molecular weight excluding hydrogens is 376 g/mol. The van der Waals surface area contributed by atoms with Crippen LogP contribution in [0.5, 0.6) is 0 Å². The van der Waals surface area contributed by atoms with Crippen LogP contribution in [0, 0.1) is 0 Å². The van der Waals surface area contributed by atoms with Crippen LogP contribution in [-0.4, -0.2) is 44.0 Å². The van der Waals surface area contributed by atoms with E-state index in [1.54, 1.807) is 7.05 Å². The van der Waals surface area contributed by atoms with Gasteiger partial charge in [0.05, 0.1) is 6.04 Å². The number of nitrogens with one attached hydrogen (secondary N) is 3. The van der Waals surface area contributed by atoms with E-state index in [1.807, 2.05) is 42.5 Å². The monoisotopic (exact) mass is 410 g/mol. The van der Waals surface area contributed by atoms with E-state index in [2.05, 4.69) is 35.0 Å². The summed E-state index contributed by atoms with van der Waals surface area (Å²) < 4.78 is 0. The van der Waals surface area contributed by atoms with Gasteiger partial charge in [-0.2, -0.15) is 0 Å². The summed E-state index contributed by atoms with van der Waals surface area (Å²) in [5, 5.41) is 8.69. The lowest BCUT2D eigenvalue weighted by Gasteiger charge is -2.22. The highest BCUT2D eigenvalue weighted by Gasteiger charge is 2.24. The molecule has 0 radical (unpaired) electrons. The Kier molecular flexibility index (Phi) is 10.0. The van der Waals surface area contributed by atoms with Crippen molar-refractivity contribution in [3.63, 3.8) is 0 Å². The van der Waals surface area contributed by atoms with Gasteiger partial charge in [-0.3, -0.25) is 9.59 Å². The van der Waals surface area contributed by atoms with Crippen molar-refractivity contribution in [2.75, 3.05) is 20.1 Å². The van der Waals surface area contributed by atoms with E-state index in [1.165, 1.54) is 0 Å². The second kappa shape index (κ2) is 12.8. The number of hydrogen-bond acceptors (Lipinski definition) is 4. The number of carbonyl (C=O) groups is 2. The molecule has 2 aromatic rings. The lowest BCUT2D eigenvalue weighted by molar-refractivity contribution is -0.129. The van der Waals surface area contributed by atoms with Crippen molar-refractivity contribution in [1.82, 2.24) is 16.0 Å². The van der Waals surface area contributed by atoms with Crippen molar-refractivity contribution in [1.29, 1.82) is 0 Å². The molecule has 0 heterocycles. The Labute approximate surface area is 179 Å². The molecular formula is C24H34N4O2. The zero-order valence-corrected chi connectivity index (χ0v) is 18.0. The lowest BCUT2D eigenvalue weighted by Crippen LogP contribution is -2.55. The number of amides is 2. The molecule has 0 bridgehead atoms. The first-order valence-corrected chi connectivity index (χ1v) is 10.7. The van der Waals surface area contributed by atoms with E-state index in [-0.39, 0.29) is 18.4 Å². The molecule has 0 aliphatic rings. The maximum atomic E-state index is 12.8. The Morgan fingerprint density at radius 2 is 1.57 bits per heavy atom. The van der Waals surface area contributed by atoms with Crippen LogP contribution < -0.4 is 21.7 Å². The Morgan fingerprint density at radius 1 is 0.900 bits per heavy atom. The van der Waals surface area contributed by atoms with Gasteiger partial charge in [0.1, 0.15) is 6.04 Å². The molecule has 6 heteroatoms. The van der Waals surface area contributed by atoms with Gasteiger partial charge >= 0.3 is 0 Å². The normalized spacial score (nSPS) is 12.8. The van der Waals surface area contributed by atoms with Gasteiger partial charge in [-0.1, -0.05) is 74.4 Å². The van der Waals surface area contributed by atoms with Gasteiger partial charge in [0, 0.05) is 19.5 Å². The molecule has 0 aliphatic carbocycles. The third kappa shape index (κ3) is 7.28. The van der Waals surface area contributed by atoms with Gasteiger partial charge in [-0.15, -0.1) is 0 Å². The minimum absolute atomic E-state index is 0.166. The van der Waals surface area contributed by atoms with Crippen LogP contribution in [-0.2, 0) is 16.0 Å². The van der Waals surface area contributed by atoms with Gasteiger partial charge in [0.25, 0.3) is 0 Å². The second-order valence-corrected chi connectivity index (χ2v) is 7.40. The molecule has 2 amide bonds. The largest absolute Gasteiger partial charge is 0.354 e. The highest BCUT2D eigenvalue weighted by atomic mass is 16.2. The summed E-state index contributed by atoms with van der Waals surface area (Å²) in [6.45, 7) is 2.89. The minimum Gasteiger partial charge on any atom is -0.354 e. The number of nitrogens with two attached hydrogens (primary N) is 1. The average Bonchev–Trinajstić information content (AvgIpc) is 2.78. The van der Waals surface area contributed by atoms with Crippen LogP contribution in [0.1, 0.15) is 31.7 Å². The number of unbranched alkanes of at least 4 members (excludes halogenated alkanes) is 2. The van der Waals surface area contributed by atoms with Crippen LogP contribution in [0.4, 0.5) is 0 Å². The average molecular weight is 411 g/mol. The van der Waals surface area contributed by atoms with Gasteiger partial charge in [-0.05, 0) is 30.2 Å². The van der Waals surface area contributed by atoms with E-state index in [9.17, 15) is 9.59 Å². The molecule has 5 N–H and O–H groups in total. The number of likely N-dealkylation sites (N-methyl/N-ethyl adjacent to an activating group) is 1. The minimum atomic E-state index is -0.649. The van der Waals surface area contributed by atoms with E-state index in [0.717, 1.165) is 36.0 Å². The first-order valence-electron chi connectivity index (χ1n) is 10.7. The molecule has 0 spiro atoms. The molecule has 1 unspecified atom stereocenters. The first kappa shape index (κ1) is 23.6. The van der Waals surface area contributed by atoms with Crippen molar-refractivity contribution in [2.45, 2.75) is 44.7 Å². The topological polar surface area (TPSA) is 96.2 Å². The third-order valence-electron chi connectivity index (χ3n) is 5.11. The molecule has 0 fully saturated rings. The van der Waals surface area contributed by atoms with Crippen molar-refractivity contribution in [3.8, 4) is 11.1 Å². The molecule has 2 rings (SSSR count).